The maximum absolute atomic E-state index is 12.8. The van der Waals surface area contributed by atoms with Gasteiger partial charge < -0.3 is 9.72 Å². The van der Waals surface area contributed by atoms with E-state index in [0.717, 1.165) is 16.5 Å². The average Bonchev–Trinajstić information content (AvgIpc) is 3.05. The van der Waals surface area contributed by atoms with Crippen LogP contribution in [-0.4, -0.2) is 39.5 Å². The van der Waals surface area contributed by atoms with Crippen molar-refractivity contribution < 1.29 is 22.7 Å². The molecule has 0 amide bonds. The second kappa shape index (κ2) is 6.90. The van der Waals surface area contributed by atoms with Crippen molar-refractivity contribution in [2.24, 2.45) is 0 Å². The predicted molar refractivity (Wildman–Crippen MR) is 94.5 cm³/mol. The smallest absolute Gasteiger partial charge is 0.451 e. The third-order valence-electron chi connectivity index (χ3n) is 4.85. The molecule has 0 saturated heterocycles. The molecule has 0 bridgehead atoms. The quantitative estimate of drug-likeness (QED) is 0.695. The Morgan fingerprint density at radius 1 is 1.32 bits per heavy atom. The van der Waals surface area contributed by atoms with Crippen LogP contribution in [0.4, 0.5) is 13.2 Å². The number of carbonyl (C=O) groups excluding carboxylic acids is 1. The number of halogens is 3. The highest BCUT2D eigenvalue weighted by molar-refractivity contribution is 5.98. The van der Waals surface area contributed by atoms with E-state index >= 15 is 0 Å². The third kappa shape index (κ3) is 3.33. The van der Waals surface area contributed by atoms with Gasteiger partial charge in [-0.05, 0) is 6.07 Å². The summed E-state index contributed by atoms with van der Waals surface area (Å²) in [5.74, 6) is -1.56. The van der Waals surface area contributed by atoms with E-state index in [1.165, 1.54) is 13.3 Å². The Labute approximate surface area is 158 Å². The molecule has 0 atom stereocenters. The van der Waals surface area contributed by atoms with E-state index in [9.17, 15) is 18.0 Å². The number of alkyl halides is 3. The highest BCUT2D eigenvalue weighted by atomic mass is 19.4. The van der Waals surface area contributed by atoms with Gasteiger partial charge in [-0.15, -0.1) is 0 Å². The molecule has 2 aromatic heterocycles. The lowest BCUT2D eigenvalue weighted by molar-refractivity contribution is -0.145. The molecule has 1 N–H and O–H groups in total. The highest BCUT2D eigenvalue weighted by Gasteiger charge is 2.35. The Bertz CT molecular complexity index is 1050. The number of esters is 1. The van der Waals surface area contributed by atoms with E-state index in [4.69, 9.17) is 4.74 Å². The molecule has 3 aromatic rings. The van der Waals surface area contributed by atoms with Gasteiger partial charge in [-0.1, -0.05) is 18.2 Å². The van der Waals surface area contributed by atoms with Crippen LogP contribution in [0.5, 0.6) is 0 Å². The van der Waals surface area contributed by atoms with Gasteiger partial charge in [0.2, 0.25) is 5.82 Å². The standard InChI is InChI=1S/C19H17F3N4O2/c1-28-17(27)16-13(12-4-2-3-5-15(12)24-16)10-26-7-6-14-11(9-26)8-23-18(25-14)19(20,21)22/h2-5,8,24H,6-7,9-10H2,1H3. The number of aromatic nitrogens is 3. The number of carbonyl (C=O) groups is 1. The van der Waals surface area contributed by atoms with Crippen LogP contribution in [0, 0.1) is 0 Å². The summed E-state index contributed by atoms with van der Waals surface area (Å²) in [5, 5.41) is 0.914. The molecule has 1 aromatic carbocycles. The lowest BCUT2D eigenvalue weighted by Gasteiger charge is -2.28. The zero-order valence-corrected chi connectivity index (χ0v) is 15.0. The van der Waals surface area contributed by atoms with Crippen LogP contribution < -0.4 is 0 Å². The highest BCUT2D eigenvalue weighted by Crippen LogP contribution is 2.29. The lowest BCUT2D eigenvalue weighted by Crippen LogP contribution is -2.32. The Kier molecular flexibility index (Phi) is 4.54. The fourth-order valence-electron chi connectivity index (χ4n) is 3.51. The summed E-state index contributed by atoms with van der Waals surface area (Å²) in [5.41, 5.74) is 3.11. The second-order valence-electron chi connectivity index (χ2n) is 6.64. The molecule has 0 fully saturated rings. The number of nitrogens with one attached hydrogen (secondary N) is 1. The topological polar surface area (TPSA) is 71.1 Å². The number of hydrogen-bond acceptors (Lipinski definition) is 5. The van der Waals surface area contributed by atoms with Crippen LogP contribution in [-0.2, 0) is 30.4 Å². The molecule has 0 spiro atoms. The molecular formula is C19H17F3N4O2. The lowest BCUT2D eigenvalue weighted by atomic mass is 10.0. The first-order valence-electron chi connectivity index (χ1n) is 8.69. The van der Waals surface area contributed by atoms with E-state index in [2.05, 4.69) is 19.9 Å². The molecule has 0 radical (unpaired) electrons. The van der Waals surface area contributed by atoms with Crippen LogP contribution in [0.2, 0.25) is 0 Å². The Morgan fingerprint density at radius 3 is 2.86 bits per heavy atom. The van der Waals surface area contributed by atoms with Gasteiger partial charge in [0, 0.05) is 54.3 Å². The summed E-state index contributed by atoms with van der Waals surface area (Å²) in [6.45, 7) is 1.39. The van der Waals surface area contributed by atoms with Crippen molar-refractivity contribution in [2.75, 3.05) is 13.7 Å². The molecule has 146 valence electrons. The van der Waals surface area contributed by atoms with Crippen molar-refractivity contribution in [1.82, 2.24) is 19.9 Å². The Balaban J connectivity index is 1.62. The molecule has 9 heteroatoms. The van der Waals surface area contributed by atoms with Gasteiger partial charge in [-0.2, -0.15) is 13.2 Å². The maximum atomic E-state index is 12.8. The molecule has 0 aliphatic carbocycles. The third-order valence-corrected chi connectivity index (χ3v) is 4.85. The number of methoxy groups -OCH3 is 1. The normalized spacial score (nSPS) is 14.9. The fraction of sp³-hybridized carbons (Fsp3) is 0.316. The zero-order valence-electron chi connectivity index (χ0n) is 15.0. The van der Waals surface area contributed by atoms with E-state index < -0.39 is 18.0 Å². The van der Waals surface area contributed by atoms with Gasteiger partial charge in [0.1, 0.15) is 5.69 Å². The SMILES string of the molecule is COC(=O)c1[nH]c2ccccc2c1CN1CCc2nc(C(F)(F)F)ncc2C1. The number of para-hydroxylation sites is 1. The summed E-state index contributed by atoms with van der Waals surface area (Å²) >= 11 is 0. The molecular weight excluding hydrogens is 373 g/mol. The van der Waals surface area contributed by atoms with Crippen LogP contribution in [0.25, 0.3) is 10.9 Å². The minimum Gasteiger partial charge on any atom is -0.464 e. The van der Waals surface area contributed by atoms with Crippen molar-refractivity contribution >= 4 is 16.9 Å². The number of rotatable bonds is 3. The number of nitrogens with zero attached hydrogens (tertiary/aromatic N) is 3. The molecule has 0 unspecified atom stereocenters. The molecule has 1 aliphatic rings. The van der Waals surface area contributed by atoms with Gasteiger partial charge in [-0.3, -0.25) is 4.90 Å². The molecule has 4 rings (SSSR count). The number of fused-ring (bicyclic) bond motifs is 2. The molecule has 28 heavy (non-hydrogen) atoms. The summed E-state index contributed by atoms with van der Waals surface area (Å²) in [4.78, 5) is 24.5. The monoisotopic (exact) mass is 390 g/mol. The predicted octanol–water partition coefficient (Wildman–Crippen LogP) is 3.32. The average molecular weight is 390 g/mol. The van der Waals surface area contributed by atoms with Crippen LogP contribution in [0.3, 0.4) is 0 Å². The van der Waals surface area contributed by atoms with Gasteiger partial charge in [0.15, 0.2) is 0 Å². The fourth-order valence-corrected chi connectivity index (χ4v) is 3.51. The van der Waals surface area contributed by atoms with Gasteiger partial charge in [-0.25, -0.2) is 14.8 Å². The minimum atomic E-state index is -4.55. The molecule has 6 nitrogen and oxygen atoms in total. The van der Waals surface area contributed by atoms with Crippen molar-refractivity contribution in [2.45, 2.75) is 25.7 Å². The van der Waals surface area contributed by atoms with Crippen LogP contribution >= 0.6 is 0 Å². The summed E-state index contributed by atoms with van der Waals surface area (Å²) in [6.07, 6.45) is -2.92. The second-order valence-corrected chi connectivity index (χ2v) is 6.64. The number of aromatic amines is 1. The summed E-state index contributed by atoms with van der Waals surface area (Å²) < 4.78 is 43.3. The van der Waals surface area contributed by atoms with E-state index in [1.807, 2.05) is 24.3 Å². The first-order chi connectivity index (χ1) is 13.4. The van der Waals surface area contributed by atoms with Gasteiger partial charge >= 0.3 is 12.1 Å². The maximum Gasteiger partial charge on any atom is 0.451 e. The first kappa shape index (κ1) is 18.4. The van der Waals surface area contributed by atoms with Crippen LogP contribution in [0.1, 0.15) is 33.1 Å². The Hall–Kier alpha value is -2.94. The van der Waals surface area contributed by atoms with Gasteiger partial charge in [0.05, 0.1) is 12.8 Å². The number of hydrogen-bond donors (Lipinski definition) is 1. The molecule has 0 saturated carbocycles. The zero-order chi connectivity index (χ0) is 19.9. The van der Waals surface area contributed by atoms with Crippen molar-refractivity contribution in [3.63, 3.8) is 0 Å². The van der Waals surface area contributed by atoms with E-state index in [0.29, 0.717) is 43.0 Å². The van der Waals surface area contributed by atoms with E-state index in [1.54, 1.807) is 0 Å². The number of benzene rings is 1. The van der Waals surface area contributed by atoms with E-state index in [-0.39, 0.29) is 0 Å². The molecule has 3 heterocycles. The largest absolute Gasteiger partial charge is 0.464 e. The van der Waals surface area contributed by atoms with Crippen LogP contribution in [0.15, 0.2) is 30.5 Å². The van der Waals surface area contributed by atoms with Crippen molar-refractivity contribution in [1.29, 1.82) is 0 Å². The summed E-state index contributed by atoms with van der Waals surface area (Å²) in [6, 6.07) is 7.56. The summed E-state index contributed by atoms with van der Waals surface area (Å²) in [7, 11) is 1.32. The number of ether oxygens (including phenoxy) is 1. The minimum absolute atomic E-state index is 0.386. The number of H-pyrrole nitrogens is 1. The first-order valence-corrected chi connectivity index (χ1v) is 8.69. The van der Waals surface area contributed by atoms with Crippen molar-refractivity contribution in [3.05, 3.63) is 58.8 Å². The van der Waals surface area contributed by atoms with Gasteiger partial charge in [0.25, 0.3) is 0 Å². The Morgan fingerprint density at radius 2 is 2.11 bits per heavy atom. The molecule has 1 aliphatic heterocycles. The van der Waals surface area contributed by atoms with Crippen molar-refractivity contribution in [3.8, 4) is 0 Å².